The Balaban J connectivity index is 1.95. The van der Waals surface area contributed by atoms with Gasteiger partial charge in [-0.2, -0.15) is 5.26 Å². The van der Waals surface area contributed by atoms with Gasteiger partial charge in [0.15, 0.2) is 11.4 Å². The van der Waals surface area contributed by atoms with Gasteiger partial charge in [-0.05, 0) is 24.5 Å². The minimum Gasteiger partial charge on any atom is -0.493 e. The summed E-state index contributed by atoms with van der Waals surface area (Å²) in [5, 5.41) is 13.1. The van der Waals surface area contributed by atoms with Gasteiger partial charge in [0.1, 0.15) is 5.75 Å². The summed E-state index contributed by atoms with van der Waals surface area (Å²) in [6, 6.07) is 7.24. The summed E-state index contributed by atoms with van der Waals surface area (Å²) >= 11 is 1.39. The largest absolute Gasteiger partial charge is 0.493 e. The zero-order chi connectivity index (χ0) is 15.8. The number of nitriles is 1. The lowest BCUT2D eigenvalue weighted by atomic mass is 10.1. The summed E-state index contributed by atoms with van der Waals surface area (Å²) < 4.78 is 5.74. The standard InChI is InChI=1S/C15H16N4O2S/c1-22-15(19-10-16)18-7-3-9-21-13-5-2-4-12-11(13)6-8-17-14(12)20/h2,4-6,8H,3,7,9H2,1H3,(H,17,20)(H,18,19). The Hall–Kier alpha value is -2.46. The molecule has 0 saturated carbocycles. The van der Waals surface area contributed by atoms with Crippen molar-refractivity contribution in [2.75, 3.05) is 19.4 Å². The maximum absolute atomic E-state index is 11.7. The smallest absolute Gasteiger partial charge is 0.255 e. The van der Waals surface area contributed by atoms with E-state index < -0.39 is 0 Å². The first-order chi connectivity index (χ1) is 10.8. The summed E-state index contributed by atoms with van der Waals surface area (Å²) in [6.07, 6.45) is 6.03. The Morgan fingerprint density at radius 1 is 1.45 bits per heavy atom. The number of pyridine rings is 1. The Bertz CT molecular complexity index is 764. The van der Waals surface area contributed by atoms with Crippen molar-refractivity contribution in [3.8, 4) is 11.9 Å². The number of fused-ring (bicyclic) bond motifs is 1. The molecule has 0 unspecified atom stereocenters. The van der Waals surface area contributed by atoms with Gasteiger partial charge >= 0.3 is 0 Å². The second-order valence-corrected chi connectivity index (χ2v) is 5.15. The predicted octanol–water partition coefficient (Wildman–Crippen LogP) is 2.09. The molecular weight excluding hydrogens is 300 g/mol. The van der Waals surface area contributed by atoms with Crippen molar-refractivity contribution in [3.63, 3.8) is 0 Å². The van der Waals surface area contributed by atoms with Crippen molar-refractivity contribution in [2.24, 2.45) is 4.99 Å². The SMILES string of the molecule is CSC(=NCCCOc1cccc2c(=O)[nH]ccc12)NC#N. The van der Waals surface area contributed by atoms with Gasteiger partial charge in [0, 0.05) is 24.5 Å². The monoisotopic (exact) mass is 316 g/mol. The molecule has 0 saturated heterocycles. The summed E-state index contributed by atoms with van der Waals surface area (Å²) in [6.45, 7) is 1.06. The van der Waals surface area contributed by atoms with Crippen LogP contribution in [0.2, 0.25) is 0 Å². The van der Waals surface area contributed by atoms with Crippen LogP contribution in [0.1, 0.15) is 6.42 Å². The fraction of sp³-hybridized carbons (Fsp3) is 0.267. The number of H-pyrrole nitrogens is 1. The van der Waals surface area contributed by atoms with Gasteiger partial charge < -0.3 is 9.72 Å². The molecule has 7 heteroatoms. The van der Waals surface area contributed by atoms with Crippen LogP contribution in [0.25, 0.3) is 10.8 Å². The topological polar surface area (TPSA) is 90.3 Å². The first-order valence-corrected chi connectivity index (χ1v) is 7.95. The van der Waals surface area contributed by atoms with E-state index in [2.05, 4.69) is 15.3 Å². The molecule has 0 aliphatic heterocycles. The van der Waals surface area contributed by atoms with E-state index in [0.29, 0.717) is 29.5 Å². The molecule has 2 aromatic rings. The molecule has 0 amide bonds. The summed E-state index contributed by atoms with van der Waals surface area (Å²) in [4.78, 5) is 18.6. The van der Waals surface area contributed by atoms with E-state index in [1.54, 1.807) is 18.3 Å². The number of benzene rings is 1. The lowest BCUT2D eigenvalue weighted by Gasteiger charge is -2.08. The van der Waals surface area contributed by atoms with E-state index in [0.717, 1.165) is 11.8 Å². The molecule has 1 aromatic heterocycles. The van der Waals surface area contributed by atoms with Gasteiger partial charge in [0.05, 0.1) is 12.0 Å². The number of amidine groups is 1. The van der Waals surface area contributed by atoms with Crippen molar-refractivity contribution >= 4 is 27.7 Å². The molecule has 0 atom stereocenters. The number of nitrogens with zero attached hydrogens (tertiary/aromatic N) is 2. The van der Waals surface area contributed by atoms with Crippen molar-refractivity contribution in [2.45, 2.75) is 6.42 Å². The molecule has 0 aliphatic rings. The maximum atomic E-state index is 11.7. The Morgan fingerprint density at radius 2 is 2.32 bits per heavy atom. The first kappa shape index (κ1) is 15.9. The minimum absolute atomic E-state index is 0.125. The van der Waals surface area contributed by atoms with Crippen LogP contribution in [0.15, 0.2) is 40.2 Å². The number of rotatable bonds is 5. The van der Waals surface area contributed by atoms with Crippen LogP contribution in [-0.4, -0.2) is 29.6 Å². The van der Waals surface area contributed by atoms with Crippen LogP contribution in [-0.2, 0) is 0 Å². The third kappa shape index (κ3) is 4.02. The number of aromatic nitrogens is 1. The van der Waals surface area contributed by atoms with Crippen LogP contribution in [0.4, 0.5) is 0 Å². The summed E-state index contributed by atoms with van der Waals surface area (Å²) in [7, 11) is 0. The molecule has 0 spiro atoms. The van der Waals surface area contributed by atoms with Gasteiger partial charge in [-0.1, -0.05) is 17.8 Å². The zero-order valence-electron chi connectivity index (χ0n) is 12.1. The van der Waals surface area contributed by atoms with Crippen LogP contribution >= 0.6 is 11.8 Å². The quantitative estimate of drug-likeness (QED) is 0.290. The molecule has 1 aromatic carbocycles. The zero-order valence-corrected chi connectivity index (χ0v) is 12.9. The molecule has 2 N–H and O–H groups in total. The fourth-order valence-corrected chi connectivity index (χ4v) is 2.32. The molecule has 0 radical (unpaired) electrons. The fourth-order valence-electron chi connectivity index (χ4n) is 1.95. The van der Waals surface area contributed by atoms with E-state index in [-0.39, 0.29) is 5.56 Å². The van der Waals surface area contributed by atoms with E-state index >= 15 is 0 Å². The van der Waals surface area contributed by atoms with Gasteiger partial charge in [0.2, 0.25) is 0 Å². The number of nitrogens with one attached hydrogen (secondary N) is 2. The molecule has 22 heavy (non-hydrogen) atoms. The predicted molar refractivity (Wildman–Crippen MR) is 89.2 cm³/mol. The van der Waals surface area contributed by atoms with Crippen LogP contribution in [0.5, 0.6) is 5.75 Å². The second-order valence-electron chi connectivity index (χ2n) is 4.35. The maximum Gasteiger partial charge on any atom is 0.255 e. The lowest BCUT2D eigenvalue weighted by molar-refractivity contribution is 0.317. The van der Waals surface area contributed by atoms with Crippen LogP contribution in [0.3, 0.4) is 0 Å². The molecule has 1 heterocycles. The Labute approximate surface area is 132 Å². The molecule has 114 valence electrons. The van der Waals surface area contributed by atoms with Gasteiger partial charge in [-0.3, -0.25) is 15.1 Å². The van der Waals surface area contributed by atoms with E-state index in [9.17, 15) is 4.79 Å². The Kier molecular flexibility index (Phi) is 5.86. The number of hydrogen-bond donors (Lipinski definition) is 2. The molecule has 0 fully saturated rings. The number of hydrogen-bond acceptors (Lipinski definition) is 5. The molecule has 6 nitrogen and oxygen atoms in total. The van der Waals surface area contributed by atoms with Crippen molar-refractivity contribution in [3.05, 3.63) is 40.8 Å². The van der Waals surface area contributed by atoms with Gasteiger partial charge in [0.25, 0.3) is 5.56 Å². The van der Waals surface area contributed by atoms with Crippen LogP contribution < -0.4 is 15.6 Å². The molecule has 2 rings (SSSR count). The first-order valence-electron chi connectivity index (χ1n) is 6.73. The van der Waals surface area contributed by atoms with Crippen LogP contribution in [0, 0.1) is 11.5 Å². The van der Waals surface area contributed by atoms with E-state index in [4.69, 9.17) is 10.00 Å². The molecular formula is C15H16N4O2S. The average molecular weight is 316 g/mol. The number of thioether (sulfide) groups is 1. The van der Waals surface area contributed by atoms with Crippen molar-refractivity contribution < 1.29 is 4.74 Å². The highest BCUT2D eigenvalue weighted by Crippen LogP contribution is 2.22. The Morgan fingerprint density at radius 3 is 3.09 bits per heavy atom. The highest BCUT2D eigenvalue weighted by atomic mass is 32.2. The molecule has 0 aliphatic carbocycles. The molecule has 0 bridgehead atoms. The number of aromatic amines is 1. The highest BCUT2D eigenvalue weighted by molar-refractivity contribution is 8.13. The van der Waals surface area contributed by atoms with Crippen molar-refractivity contribution in [1.82, 2.24) is 10.3 Å². The third-order valence-corrected chi connectivity index (χ3v) is 3.56. The van der Waals surface area contributed by atoms with Gasteiger partial charge in [-0.25, -0.2) is 0 Å². The summed E-state index contributed by atoms with van der Waals surface area (Å²) in [5.74, 6) is 0.688. The average Bonchev–Trinajstić information content (AvgIpc) is 2.54. The normalized spacial score (nSPS) is 11.2. The van der Waals surface area contributed by atoms with E-state index in [1.165, 1.54) is 11.8 Å². The van der Waals surface area contributed by atoms with Crippen molar-refractivity contribution in [1.29, 1.82) is 5.26 Å². The second kappa shape index (κ2) is 8.10. The van der Waals surface area contributed by atoms with Gasteiger partial charge in [-0.15, -0.1) is 0 Å². The number of ether oxygens (including phenoxy) is 1. The highest BCUT2D eigenvalue weighted by Gasteiger charge is 2.04. The lowest BCUT2D eigenvalue weighted by Crippen LogP contribution is -2.14. The summed E-state index contributed by atoms with van der Waals surface area (Å²) in [5.41, 5.74) is -0.125. The minimum atomic E-state index is -0.125. The third-order valence-electron chi connectivity index (χ3n) is 2.95. The number of aliphatic imine (C=N–C) groups is 1. The van der Waals surface area contributed by atoms with E-state index in [1.807, 2.05) is 24.6 Å².